The highest BCUT2D eigenvalue weighted by molar-refractivity contribution is 7.93. The zero-order chi connectivity index (χ0) is 28.2. The SMILES string of the molecule is Cc1cc(Oc2ccccc2F)ncc1-n1ncc(C(=O)c2cc3cc(F)c(N4CCCS4(=O)=O)cc3[nH]2)c1N.Cl. The van der Waals surface area contributed by atoms with E-state index in [-0.39, 0.29) is 59.1 Å². The highest BCUT2D eigenvalue weighted by Crippen LogP contribution is 2.32. The highest BCUT2D eigenvalue weighted by Gasteiger charge is 2.31. The van der Waals surface area contributed by atoms with Gasteiger partial charge in [0.2, 0.25) is 21.7 Å². The van der Waals surface area contributed by atoms with Gasteiger partial charge < -0.3 is 15.5 Å². The van der Waals surface area contributed by atoms with Gasteiger partial charge in [-0.1, -0.05) is 12.1 Å². The molecule has 0 atom stereocenters. The molecule has 4 heterocycles. The van der Waals surface area contributed by atoms with E-state index in [2.05, 4.69) is 15.1 Å². The maximum absolute atomic E-state index is 14.8. The molecule has 1 fully saturated rings. The predicted octanol–water partition coefficient (Wildman–Crippen LogP) is 4.90. The Bertz CT molecular complexity index is 1920. The maximum atomic E-state index is 14.8. The molecule has 1 saturated heterocycles. The summed E-state index contributed by atoms with van der Waals surface area (Å²) in [6.07, 6.45) is 3.17. The van der Waals surface area contributed by atoms with E-state index in [1.54, 1.807) is 25.1 Å². The molecular weight excluding hydrogens is 578 g/mol. The minimum atomic E-state index is -3.58. The molecule has 0 radical (unpaired) electrons. The largest absolute Gasteiger partial charge is 0.436 e. The number of hydrogen-bond acceptors (Lipinski definition) is 7. The molecule has 0 saturated carbocycles. The lowest BCUT2D eigenvalue weighted by molar-refractivity contribution is 0.103. The van der Waals surface area contributed by atoms with Crippen LogP contribution in [-0.2, 0) is 10.0 Å². The van der Waals surface area contributed by atoms with E-state index in [0.717, 1.165) is 4.31 Å². The quantitative estimate of drug-likeness (QED) is 0.264. The molecule has 3 N–H and O–H groups in total. The Morgan fingerprint density at radius 1 is 1.07 bits per heavy atom. The number of pyridine rings is 1. The molecule has 0 aliphatic carbocycles. The Kier molecular flexibility index (Phi) is 7.17. The molecule has 0 spiro atoms. The Labute approximate surface area is 239 Å². The number of aryl methyl sites for hydroxylation is 1. The monoisotopic (exact) mass is 600 g/mol. The Morgan fingerprint density at radius 3 is 2.56 bits per heavy atom. The summed E-state index contributed by atoms with van der Waals surface area (Å²) in [6, 6.07) is 11.6. The third-order valence-corrected chi connectivity index (χ3v) is 8.54. The Hall–Kier alpha value is -4.49. The predicted molar refractivity (Wildman–Crippen MR) is 152 cm³/mol. The van der Waals surface area contributed by atoms with Crippen molar-refractivity contribution in [2.75, 3.05) is 22.3 Å². The number of benzene rings is 2. The van der Waals surface area contributed by atoms with Gasteiger partial charge in [-0.2, -0.15) is 5.10 Å². The molecule has 0 bridgehead atoms. The number of hydrogen-bond donors (Lipinski definition) is 2. The number of ether oxygens (including phenoxy) is 1. The number of nitrogens with two attached hydrogens (primary N) is 1. The van der Waals surface area contributed by atoms with Gasteiger partial charge in [-0.3, -0.25) is 9.10 Å². The number of carbonyl (C=O) groups is 1. The van der Waals surface area contributed by atoms with Crippen LogP contribution in [0.4, 0.5) is 20.3 Å². The summed E-state index contributed by atoms with van der Waals surface area (Å²) in [5.74, 6) is -1.51. The average molecular weight is 601 g/mol. The second kappa shape index (κ2) is 10.5. The van der Waals surface area contributed by atoms with Crippen molar-refractivity contribution in [1.82, 2.24) is 19.7 Å². The van der Waals surface area contributed by atoms with Crippen molar-refractivity contribution in [2.45, 2.75) is 13.3 Å². The lowest BCUT2D eigenvalue weighted by Gasteiger charge is -2.17. The van der Waals surface area contributed by atoms with Crippen LogP contribution >= 0.6 is 12.4 Å². The van der Waals surface area contributed by atoms with Crippen LogP contribution in [0.15, 0.2) is 60.9 Å². The van der Waals surface area contributed by atoms with Gasteiger partial charge in [-0.05, 0) is 49.2 Å². The lowest BCUT2D eigenvalue weighted by atomic mass is 10.1. The van der Waals surface area contributed by atoms with E-state index in [4.69, 9.17) is 10.5 Å². The number of para-hydroxylation sites is 1. The molecule has 41 heavy (non-hydrogen) atoms. The first kappa shape index (κ1) is 28.1. The number of ketones is 1. The first-order chi connectivity index (χ1) is 19.1. The molecule has 10 nitrogen and oxygen atoms in total. The van der Waals surface area contributed by atoms with Crippen LogP contribution in [0, 0.1) is 18.6 Å². The number of nitrogens with zero attached hydrogens (tertiary/aromatic N) is 4. The second-order valence-electron chi connectivity index (χ2n) is 9.34. The summed E-state index contributed by atoms with van der Waals surface area (Å²) >= 11 is 0. The van der Waals surface area contributed by atoms with E-state index in [9.17, 15) is 22.0 Å². The number of H-pyrrole nitrogens is 1. The van der Waals surface area contributed by atoms with Gasteiger partial charge in [-0.15, -0.1) is 12.4 Å². The average Bonchev–Trinajstić information content (AvgIpc) is 3.60. The zero-order valence-electron chi connectivity index (χ0n) is 21.5. The Morgan fingerprint density at radius 2 is 1.85 bits per heavy atom. The molecule has 0 unspecified atom stereocenters. The molecular formula is C27H23ClF2N6O4S. The van der Waals surface area contributed by atoms with Gasteiger partial charge in [0.1, 0.15) is 11.6 Å². The smallest absolute Gasteiger partial charge is 0.235 e. The van der Waals surface area contributed by atoms with Crippen LogP contribution in [0.25, 0.3) is 16.6 Å². The van der Waals surface area contributed by atoms with Crippen molar-refractivity contribution in [3.63, 3.8) is 0 Å². The van der Waals surface area contributed by atoms with E-state index in [1.165, 1.54) is 47.4 Å². The number of sulfonamides is 1. The summed E-state index contributed by atoms with van der Waals surface area (Å²) in [5.41, 5.74) is 8.00. The minimum Gasteiger partial charge on any atom is -0.436 e. The first-order valence-corrected chi connectivity index (χ1v) is 13.8. The van der Waals surface area contributed by atoms with Crippen LogP contribution in [-0.4, -0.2) is 46.2 Å². The summed E-state index contributed by atoms with van der Waals surface area (Å²) in [5, 5.41) is 4.65. The number of carbonyl (C=O) groups excluding carboxylic acids is 1. The van der Waals surface area contributed by atoms with Crippen molar-refractivity contribution in [3.05, 3.63) is 89.4 Å². The molecule has 212 valence electrons. The molecule has 14 heteroatoms. The van der Waals surface area contributed by atoms with E-state index in [0.29, 0.717) is 28.6 Å². The molecule has 1 aliphatic rings. The van der Waals surface area contributed by atoms with Crippen molar-refractivity contribution in [1.29, 1.82) is 0 Å². The van der Waals surface area contributed by atoms with Gasteiger partial charge in [0.15, 0.2) is 11.6 Å². The number of nitrogen functional groups attached to an aromatic ring is 1. The van der Waals surface area contributed by atoms with Crippen LogP contribution in [0.1, 0.15) is 28.0 Å². The molecule has 1 aliphatic heterocycles. The van der Waals surface area contributed by atoms with E-state index < -0.39 is 27.4 Å². The molecule has 0 amide bonds. The van der Waals surface area contributed by atoms with Crippen LogP contribution < -0.4 is 14.8 Å². The summed E-state index contributed by atoms with van der Waals surface area (Å²) < 4.78 is 61.3. The fraction of sp³-hybridized carbons (Fsp3) is 0.148. The number of halogens is 3. The van der Waals surface area contributed by atoms with Gasteiger partial charge in [0.25, 0.3) is 0 Å². The topological polar surface area (TPSA) is 136 Å². The number of aromatic nitrogens is 4. The van der Waals surface area contributed by atoms with Crippen molar-refractivity contribution in [2.24, 2.45) is 0 Å². The van der Waals surface area contributed by atoms with Crippen molar-refractivity contribution < 1.29 is 26.7 Å². The van der Waals surface area contributed by atoms with Gasteiger partial charge in [0, 0.05) is 23.5 Å². The number of rotatable bonds is 6. The molecule has 3 aromatic heterocycles. The van der Waals surface area contributed by atoms with E-state index >= 15 is 0 Å². The van der Waals surface area contributed by atoms with Gasteiger partial charge in [0.05, 0.1) is 40.8 Å². The first-order valence-electron chi connectivity index (χ1n) is 12.2. The maximum Gasteiger partial charge on any atom is 0.235 e. The zero-order valence-corrected chi connectivity index (χ0v) is 23.1. The van der Waals surface area contributed by atoms with Crippen molar-refractivity contribution in [3.8, 4) is 17.3 Å². The third kappa shape index (κ3) is 4.98. The van der Waals surface area contributed by atoms with Crippen LogP contribution in [0.3, 0.4) is 0 Å². The molecule has 6 rings (SSSR count). The third-order valence-electron chi connectivity index (χ3n) is 6.69. The van der Waals surface area contributed by atoms with Crippen LogP contribution in [0.5, 0.6) is 11.6 Å². The number of fused-ring (bicyclic) bond motifs is 1. The fourth-order valence-electron chi connectivity index (χ4n) is 4.68. The summed E-state index contributed by atoms with van der Waals surface area (Å²) in [7, 11) is -3.58. The normalized spacial score (nSPS) is 14.3. The van der Waals surface area contributed by atoms with Crippen molar-refractivity contribution >= 4 is 50.6 Å². The minimum absolute atomic E-state index is 0. The summed E-state index contributed by atoms with van der Waals surface area (Å²) in [4.78, 5) is 20.5. The number of nitrogens with one attached hydrogen (secondary N) is 1. The number of aromatic amines is 1. The second-order valence-corrected chi connectivity index (χ2v) is 11.4. The molecule has 2 aromatic carbocycles. The standard InChI is InChI=1S/C27H22F2N6O4S.ClH/c1-15-9-25(39-24-6-3-2-5-18(24)28)31-14-23(15)35-27(30)17(13-32-35)26(36)21-11-16-10-19(29)22(12-20(16)33-21)34-7-4-8-40(34,37)38;/h2-3,5-6,9-14,33H,4,7-8,30H2,1H3;1H. The highest BCUT2D eigenvalue weighted by atomic mass is 35.5. The number of anilines is 2. The lowest BCUT2D eigenvalue weighted by Crippen LogP contribution is -2.26. The Balaban J connectivity index is 0.00000337. The fourth-order valence-corrected chi connectivity index (χ4v) is 6.24. The van der Waals surface area contributed by atoms with Gasteiger partial charge >= 0.3 is 0 Å². The van der Waals surface area contributed by atoms with Crippen LogP contribution in [0.2, 0.25) is 0 Å². The molecule has 5 aromatic rings. The van der Waals surface area contributed by atoms with Gasteiger partial charge in [-0.25, -0.2) is 26.9 Å². The summed E-state index contributed by atoms with van der Waals surface area (Å²) in [6.45, 7) is 1.95. The van der Waals surface area contributed by atoms with E-state index in [1.807, 2.05) is 0 Å².